The van der Waals surface area contributed by atoms with E-state index in [0.29, 0.717) is 29.8 Å². The topological polar surface area (TPSA) is 77.9 Å². The highest BCUT2D eigenvalue weighted by atomic mass is 35.5. The maximum atomic E-state index is 13.8. The van der Waals surface area contributed by atoms with Gasteiger partial charge in [0.15, 0.2) is 5.78 Å². The van der Waals surface area contributed by atoms with Gasteiger partial charge in [-0.05, 0) is 53.8 Å². The van der Waals surface area contributed by atoms with Crippen molar-refractivity contribution in [1.82, 2.24) is 0 Å². The Kier molecular flexibility index (Phi) is 6.61. The third-order valence-corrected chi connectivity index (χ3v) is 7.58. The van der Waals surface area contributed by atoms with Crippen molar-refractivity contribution in [3.8, 4) is 0 Å². The number of aromatic carboxylic acids is 1. The molecule has 1 N–H and O–H groups in total. The van der Waals surface area contributed by atoms with E-state index < -0.39 is 5.97 Å². The lowest BCUT2D eigenvalue weighted by Gasteiger charge is -2.40. The number of carbonyl (C=O) groups excluding carboxylic acids is 2. The Balaban J connectivity index is 1.65. The fourth-order valence-electron chi connectivity index (χ4n) is 5.40. The first kappa shape index (κ1) is 24.8. The summed E-state index contributed by atoms with van der Waals surface area (Å²) in [6.07, 6.45) is 0.971. The molecule has 1 aliphatic heterocycles. The highest BCUT2D eigenvalue weighted by Crippen LogP contribution is 2.47. The van der Waals surface area contributed by atoms with Gasteiger partial charge in [0.1, 0.15) is 0 Å². The van der Waals surface area contributed by atoms with Crippen LogP contribution < -0.4 is 9.80 Å². The highest BCUT2D eigenvalue weighted by Gasteiger charge is 2.42. The van der Waals surface area contributed by atoms with E-state index in [1.165, 1.54) is 17.0 Å². The number of carboxylic acids is 1. The average molecular weight is 515 g/mol. The van der Waals surface area contributed by atoms with Gasteiger partial charge in [-0.25, -0.2) is 4.79 Å². The lowest BCUT2D eigenvalue weighted by molar-refractivity contribution is -0.120. The number of hydrogen-bond donors (Lipinski definition) is 1. The van der Waals surface area contributed by atoms with Crippen molar-refractivity contribution in [1.29, 1.82) is 0 Å². The molecule has 0 fully saturated rings. The number of Topliss-reactive ketones (excluding diaryl/α,β-unsaturated/α-hetero) is 1. The molecule has 0 bridgehead atoms. The van der Waals surface area contributed by atoms with E-state index >= 15 is 0 Å². The molecule has 5 rings (SSSR count). The van der Waals surface area contributed by atoms with Crippen LogP contribution in [0.4, 0.5) is 11.4 Å². The van der Waals surface area contributed by atoms with Gasteiger partial charge < -0.3 is 10.0 Å². The molecule has 2 unspecified atom stereocenters. The van der Waals surface area contributed by atoms with Crippen molar-refractivity contribution in [3.63, 3.8) is 0 Å². The van der Waals surface area contributed by atoms with Crippen LogP contribution in [-0.4, -0.2) is 36.9 Å². The third kappa shape index (κ3) is 4.65. The Labute approximate surface area is 220 Å². The minimum atomic E-state index is -1.17. The van der Waals surface area contributed by atoms with Crippen LogP contribution in [-0.2, 0) is 9.59 Å². The Morgan fingerprint density at radius 2 is 1.62 bits per heavy atom. The number of carbonyl (C=O) groups is 3. The number of anilines is 2. The molecule has 0 saturated heterocycles. The Morgan fingerprint density at radius 3 is 2.27 bits per heavy atom. The van der Waals surface area contributed by atoms with Crippen molar-refractivity contribution in [2.75, 3.05) is 23.9 Å². The second-order valence-corrected chi connectivity index (χ2v) is 10.1. The molecule has 0 saturated carbocycles. The van der Waals surface area contributed by atoms with Crippen molar-refractivity contribution in [3.05, 3.63) is 106 Å². The Morgan fingerprint density at radius 1 is 0.919 bits per heavy atom. The van der Waals surface area contributed by atoms with Crippen LogP contribution in [0.1, 0.15) is 52.6 Å². The summed E-state index contributed by atoms with van der Waals surface area (Å²) >= 11 is 6.11. The summed E-state index contributed by atoms with van der Waals surface area (Å²) in [6.45, 7) is 0. The molecule has 1 heterocycles. The molecule has 2 aliphatic rings. The molecule has 0 radical (unpaired) electrons. The summed E-state index contributed by atoms with van der Waals surface area (Å²) in [7, 11) is 3.92. The van der Waals surface area contributed by atoms with Gasteiger partial charge in [0, 0.05) is 55.5 Å². The van der Waals surface area contributed by atoms with Crippen LogP contribution in [0.5, 0.6) is 0 Å². The quantitative estimate of drug-likeness (QED) is 0.450. The smallest absolute Gasteiger partial charge is 0.337 e. The monoisotopic (exact) mass is 514 g/mol. The number of halogens is 1. The van der Waals surface area contributed by atoms with Gasteiger partial charge in [-0.2, -0.15) is 0 Å². The molecule has 3 aromatic carbocycles. The van der Waals surface area contributed by atoms with E-state index in [1.807, 2.05) is 73.6 Å². The molecule has 188 valence electrons. The fourth-order valence-corrected chi connectivity index (χ4v) is 5.60. The maximum absolute atomic E-state index is 13.8. The van der Waals surface area contributed by atoms with E-state index in [1.54, 1.807) is 6.07 Å². The molecule has 0 spiro atoms. The highest BCUT2D eigenvalue weighted by molar-refractivity contribution is 6.33. The lowest BCUT2D eigenvalue weighted by atomic mass is 9.72. The third-order valence-electron chi connectivity index (χ3n) is 7.25. The zero-order chi connectivity index (χ0) is 26.3. The zero-order valence-corrected chi connectivity index (χ0v) is 21.4. The maximum Gasteiger partial charge on any atom is 0.337 e. The minimum absolute atomic E-state index is 0.0155. The Hall–Kier alpha value is -3.90. The summed E-state index contributed by atoms with van der Waals surface area (Å²) in [5.74, 6) is -1.78. The molecule has 7 heteroatoms. The summed E-state index contributed by atoms with van der Waals surface area (Å²) < 4.78 is 0. The van der Waals surface area contributed by atoms with Gasteiger partial charge in [-0.15, -0.1) is 0 Å². The first-order valence-corrected chi connectivity index (χ1v) is 12.6. The first-order valence-electron chi connectivity index (χ1n) is 12.2. The van der Waals surface area contributed by atoms with Crippen LogP contribution in [0, 0.1) is 0 Å². The summed E-state index contributed by atoms with van der Waals surface area (Å²) in [4.78, 5) is 42.8. The summed E-state index contributed by atoms with van der Waals surface area (Å²) in [5.41, 5.74) is 4.58. The van der Waals surface area contributed by atoms with Crippen LogP contribution in [0.25, 0.3) is 0 Å². The average Bonchev–Trinajstić information content (AvgIpc) is 2.89. The van der Waals surface area contributed by atoms with E-state index in [4.69, 9.17) is 11.6 Å². The van der Waals surface area contributed by atoms with Crippen molar-refractivity contribution >= 4 is 40.6 Å². The van der Waals surface area contributed by atoms with Gasteiger partial charge in [0.25, 0.3) is 0 Å². The zero-order valence-electron chi connectivity index (χ0n) is 20.6. The van der Waals surface area contributed by atoms with Gasteiger partial charge in [0.2, 0.25) is 5.91 Å². The predicted molar refractivity (Wildman–Crippen MR) is 144 cm³/mol. The van der Waals surface area contributed by atoms with E-state index in [-0.39, 0.29) is 40.5 Å². The van der Waals surface area contributed by atoms with Crippen LogP contribution in [0.15, 0.2) is 84.1 Å². The summed E-state index contributed by atoms with van der Waals surface area (Å²) in [6, 6.07) is 22.3. The normalized spacial score (nSPS) is 19.6. The first-order chi connectivity index (χ1) is 17.7. The second kappa shape index (κ2) is 9.87. The van der Waals surface area contributed by atoms with Gasteiger partial charge >= 0.3 is 5.97 Å². The van der Waals surface area contributed by atoms with Crippen molar-refractivity contribution in [2.45, 2.75) is 31.1 Å². The molecule has 3 aromatic rings. The van der Waals surface area contributed by atoms with E-state index in [0.717, 1.165) is 16.8 Å². The molecule has 37 heavy (non-hydrogen) atoms. The number of carboxylic acid groups (broad SMARTS) is 1. The van der Waals surface area contributed by atoms with Crippen LogP contribution in [0.3, 0.4) is 0 Å². The van der Waals surface area contributed by atoms with Crippen molar-refractivity contribution in [2.24, 2.45) is 0 Å². The number of nitrogens with zero attached hydrogens (tertiary/aromatic N) is 2. The minimum Gasteiger partial charge on any atom is -0.478 e. The largest absolute Gasteiger partial charge is 0.478 e. The SMILES string of the molecule is CN(C)c1ccc(C2CC(=O)N(c3ccc(Cl)c(C(=O)O)c3)C3=C2C(=O)CC(c2ccccc2)C3)cc1. The summed E-state index contributed by atoms with van der Waals surface area (Å²) in [5, 5.41) is 9.71. The van der Waals surface area contributed by atoms with Gasteiger partial charge in [-0.3, -0.25) is 14.5 Å². The molecule has 0 aromatic heterocycles. The molecule has 6 nitrogen and oxygen atoms in total. The molecule has 2 atom stereocenters. The number of allylic oxidation sites excluding steroid dienone is 2. The van der Waals surface area contributed by atoms with E-state index in [9.17, 15) is 19.5 Å². The van der Waals surface area contributed by atoms with Crippen LogP contribution in [0.2, 0.25) is 5.02 Å². The number of ketones is 1. The number of benzene rings is 3. The standard InChI is InChI=1S/C30H27ClN2O4/c1-32(2)21-10-8-19(9-11-21)23-17-28(35)33(22-12-13-25(31)24(16-22)30(36)37)26-14-20(15-27(34)29(23)26)18-6-4-3-5-7-18/h3-13,16,20,23H,14-15,17H2,1-2H3,(H,36,37). The fraction of sp³-hybridized carbons (Fsp3) is 0.233. The van der Waals surface area contributed by atoms with Gasteiger partial charge in [-0.1, -0.05) is 54.1 Å². The predicted octanol–water partition coefficient (Wildman–Crippen LogP) is 6.03. The van der Waals surface area contributed by atoms with Crippen LogP contribution >= 0.6 is 11.6 Å². The number of amides is 1. The van der Waals surface area contributed by atoms with Crippen molar-refractivity contribution < 1.29 is 19.5 Å². The van der Waals surface area contributed by atoms with E-state index in [2.05, 4.69) is 0 Å². The van der Waals surface area contributed by atoms with Gasteiger partial charge in [0.05, 0.1) is 10.6 Å². The molecular formula is C30H27ClN2O4. The Bertz CT molecular complexity index is 1410. The molecule has 1 amide bonds. The second-order valence-electron chi connectivity index (χ2n) is 9.74. The number of rotatable bonds is 5. The number of hydrogen-bond acceptors (Lipinski definition) is 4. The molecular weight excluding hydrogens is 488 g/mol. The lowest BCUT2D eigenvalue weighted by Crippen LogP contribution is -2.42. The molecule has 1 aliphatic carbocycles.